The Morgan fingerprint density at radius 3 is 1.06 bits per heavy atom. The maximum Gasteiger partial charge on any atom is 1.00 e. The molecule has 0 saturated heterocycles. The molecule has 0 aromatic rings. The van der Waals surface area contributed by atoms with Gasteiger partial charge in [-0.2, -0.15) is 8.42 Å². The molecule has 0 aliphatic heterocycles. The number of hydrogen-bond acceptors (Lipinski definition) is 7. The SMILES string of the molecule is CCCCCCCCCCCCO.CCCCCCCCCCCCOS(=O)(=O)O.O=S(=O)([O-])O.[Na+]. The molecule has 0 aliphatic rings. The molecule has 0 heterocycles. The van der Waals surface area contributed by atoms with Crippen molar-refractivity contribution in [2.45, 2.75) is 142 Å². The van der Waals surface area contributed by atoms with E-state index in [4.69, 9.17) is 27.2 Å². The first-order valence-corrected chi connectivity index (χ1v) is 16.1. The monoisotopic (exact) mass is 572 g/mol. The Morgan fingerprint density at radius 1 is 0.556 bits per heavy atom. The summed E-state index contributed by atoms with van der Waals surface area (Å²) in [4.78, 5) is 0. The van der Waals surface area contributed by atoms with Crippen LogP contribution in [0, 0.1) is 0 Å². The molecule has 9 nitrogen and oxygen atoms in total. The Balaban J connectivity index is -0.000000239. The second-order valence-corrected chi connectivity index (χ2v) is 10.7. The van der Waals surface area contributed by atoms with E-state index in [9.17, 15) is 8.42 Å². The molecule has 36 heavy (non-hydrogen) atoms. The van der Waals surface area contributed by atoms with Crippen LogP contribution in [0.15, 0.2) is 0 Å². The topological polar surface area (TPSA) is 161 Å². The zero-order chi connectivity index (χ0) is 27.3. The van der Waals surface area contributed by atoms with Crippen molar-refractivity contribution in [3.05, 3.63) is 0 Å². The minimum Gasteiger partial charge on any atom is -0.726 e. The minimum atomic E-state index is -4.92. The van der Waals surface area contributed by atoms with Gasteiger partial charge in [0.15, 0.2) is 0 Å². The van der Waals surface area contributed by atoms with Gasteiger partial charge in [-0.25, -0.2) is 12.6 Å². The number of hydrogen-bond donors (Lipinski definition) is 3. The molecule has 0 radical (unpaired) electrons. The molecule has 0 aliphatic carbocycles. The quantitative estimate of drug-likeness (QED) is 0.0761. The van der Waals surface area contributed by atoms with Gasteiger partial charge in [-0.3, -0.25) is 9.11 Å². The molecule has 0 unspecified atom stereocenters. The van der Waals surface area contributed by atoms with Crippen molar-refractivity contribution in [1.82, 2.24) is 0 Å². The molecule has 0 amide bonds. The van der Waals surface area contributed by atoms with Crippen molar-refractivity contribution in [3.8, 4) is 0 Å². The van der Waals surface area contributed by atoms with Crippen LogP contribution in [0.1, 0.15) is 142 Å². The molecule has 216 valence electrons. The van der Waals surface area contributed by atoms with Gasteiger partial charge >= 0.3 is 40.0 Å². The van der Waals surface area contributed by atoms with Crippen molar-refractivity contribution in [1.29, 1.82) is 0 Å². The van der Waals surface area contributed by atoms with E-state index >= 15 is 0 Å². The fourth-order valence-corrected chi connectivity index (χ4v) is 3.68. The molecule has 0 saturated carbocycles. The van der Waals surface area contributed by atoms with Crippen molar-refractivity contribution in [2.75, 3.05) is 13.2 Å². The summed E-state index contributed by atoms with van der Waals surface area (Å²) >= 11 is 0. The molecule has 3 N–H and O–H groups in total. The van der Waals surface area contributed by atoms with E-state index in [2.05, 4.69) is 18.0 Å². The van der Waals surface area contributed by atoms with Gasteiger partial charge in [-0.15, -0.1) is 0 Å². The zero-order valence-electron chi connectivity index (χ0n) is 23.2. The summed E-state index contributed by atoms with van der Waals surface area (Å²) in [6.07, 6.45) is 25.2. The van der Waals surface area contributed by atoms with Crippen LogP contribution < -0.4 is 29.6 Å². The second-order valence-electron chi connectivity index (χ2n) is 8.77. The van der Waals surface area contributed by atoms with Crippen molar-refractivity contribution >= 4 is 20.8 Å². The Kier molecular flexibility index (Phi) is 41.0. The molecule has 12 heteroatoms. The standard InChI is InChI=1S/C12H26O4S.C12H26O.Na.H2O4S/c1-2-3-4-5-6-7-8-9-10-11-12-16-17(13,14)15;1-2-3-4-5-6-7-8-9-10-11-12-13;;1-5(2,3)4/h2-12H2,1H3,(H,13,14,15);13H,2-12H2,1H3;;(H2,1,2,3,4)/q;;+1;/p-1. The van der Waals surface area contributed by atoms with Crippen LogP contribution in [0.3, 0.4) is 0 Å². The van der Waals surface area contributed by atoms with E-state index in [1.165, 1.54) is 103 Å². The number of unbranched alkanes of at least 4 members (excludes halogenated alkanes) is 18. The van der Waals surface area contributed by atoms with Crippen LogP contribution >= 0.6 is 0 Å². The summed E-state index contributed by atoms with van der Waals surface area (Å²) in [6.45, 7) is 4.94. The zero-order valence-corrected chi connectivity index (χ0v) is 26.8. The largest absolute Gasteiger partial charge is 1.00 e. The van der Waals surface area contributed by atoms with Gasteiger partial charge in [0.2, 0.25) is 10.4 Å². The van der Waals surface area contributed by atoms with Gasteiger partial charge in [-0.05, 0) is 12.8 Å². The van der Waals surface area contributed by atoms with Crippen LogP contribution in [0.5, 0.6) is 0 Å². The fourth-order valence-electron chi connectivity index (χ4n) is 3.35. The summed E-state index contributed by atoms with van der Waals surface area (Å²) in [5.41, 5.74) is 0. The first kappa shape index (κ1) is 43.7. The van der Waals surface area contributed by atoms with E-state index in [1.807, 2.05) is 0 Å². The van der Waals surface area contributed by atoms with E-state index in [0.29, 0.717) is 13.0 Å². The summed E-state index contributed by atoms with van der Waals surface area (Å²) in [5.74, 6) is 0. The number of aliphatic hydroxyl groups excluding tert-OH is 1. The summed E-state index contributed by atoms with van der Waals surface area (Å²) in [5, 5.41) is 8.57. The van der Waals surface area contributed by atoms with Crippen LogP contribution in [0.4, 0.5) is 0 Å². The van der Waals surface area contributed by atoms with E-state index in [-0.39, 0.29) is 36.2 Å². The van der Waals surface area contributed by atoms with Crippen LogP contribution in [-0.4, -0.2) is 48.8 Å². The third kappa shape index (κ3) is 64.6. The molecule has 0 atom stereocenters. The molecule has 0 bridgehead atoms. The van der Waals surface area contributed by atoms with Gasteiger partial charge < -0.3 is 9.66 Å². The van der Waals surface area contributed by atoms with Crippen LogP contribution in [-0.2, 0) is 25.0 Å². The number of aliphatic hydroxyl groups is 1. The van der Waals surface area contributed by atoms with Gasteiger partial charge in [0.1, 0.15) is 0 Å². The maximum atomic E-state index is 10.2. The predicted octanol–water partition coefficient (Wildman–Crippen LogP) is 3.63. The van der Waals surface area contributed by atoms with Crippen molar-refractivity contribution < 1.29 is 69.3 Å². The van der Waals surface area contributed by atoms with Gasteiger partial charge in [0.25, 0.3) is 0 Å². The third-order valence-electron chi connectivity index (χ3n) is 5.24. The van der Waals surface area contributed by atoms with Crippen molar-refractivity contribution in [2.24, 2.45) is 0 Å². The maximum absolute atomic E-state index is 10.2. The average Bonchev–Trinajstić information content (AvgIpc) is 2.75. The van der Waals surface area contributed by atoms with E-state index in [1.54, 1.807) is 0 Å². The van der Waals surface area contributed by atoms with Crippen LogP contribution in [0.2, 0.25) is 0 Å². The Hall–Kier alpha value is 0.700. The van der Waals surface area contributed by atoms with E-state index in [0.717, 1.165) is 19.3 Å². The first-order valence-electron chi connectivity index (χ1n) is 13.4. The molecular weight excluding hydrogens is 519 g/mol. The Labute approximate surface area is 244 Å². The molecule has 0 aromatic heterocycles. The average molecular weight is 573 g/mol. The summed E-state index contributed by atoms with van der Waals surface area (Å²) in [7, 11) is -9.15. The van der Waals surface area contributed by atoms with Gasteiger partial charge in [-0.1, -0.05) is 129 Å². The predicted molar refractivity (Wildman–Crippen MR) is 141 cm³/mol. The van der Waals surface area contributed by atoms with Gasteiger partial charge in [0, 0.05) is 6.61 Å². The molecule has 0 rings (SSSR count). The number of rotatable bonds is 22. The minimum absolute atomic E-state index is 0. The fraction of sp³-hybridized carbons (Fsp3) is 1.00. The first-order chi connectivity index (χ1) is 16.5. The van der Waals surface area contributed by atoms with Gasteiger partial charge in [0.05, 0.1) is 6.61 Å². The van der Waals surface area contributed by atoms with E-state index < -0.39 is 20.8 Å². The second kappa shape index (κ2) is 33.7. The molecular formula is C24H53NaO9S2. The van der Waals surface area contributed by atoms with Crippen molar-refractivity contribution in [3.63, 3.8) is 0 Å². The Morgan fingerprint density at radius 2 is 0.806 bits per heavy atom. The molecule has 0 fully saturated rings. The Bertz CT molecular complexity index is 583. The smallest absolute Gasteiger partial charge is 0.726 e. The normalized spacial score (nSPS) is 11.1. The summed E-state index contributed by atoms with van der Waals surface area (Å²) < 4.78 is 65.8. The van der Waals surface area contributed by atoms with Crippen LogP contribution in [0.25, 0.3) is 0 Å². The summed E-state index contributed by atoms with van der Waals surface area (Å²) in [6, 6.07) is 0. The molecule has 0 spiro atoms. The third-order valence-corrected chi connectivity index (χ3v) is 5.71. The molecule has 0 aromatic carbocycles.